The highest BCUT2D eigenvalue weighted by Gasteiger charge is 2.15. The van der Waals surface area contributed by atoms with Crippen molar-refractivity contribution in [2.45, 2.75) is 48.0 Å². The van der Waals surface area contributed by atoms with E-state index >= 15 is 0 Å². The van der Waals surface area contributed by atoms with Gasteiger partial charge in [-0.1, -0.05) is 0 Å². The van der Waals surface area contributed by atoms with Crippen molar-refractivity contribution in [3.8, 4) is 0 Å². The molecular weight excluding hydrogens is 340 g/mol. The van der Waals surface area contributed by atoms with E-state index in [-0.39, 0.29) is 0 Å². The summed E-state index contributed by atoms with van der Waals surface area (Å²) in [6.45, 7) is 11.4. The Balaban J connectivity index is 1.84. The fourth-order valence-electron chi connectivity index (χ4n) is 3.17. The van der Waals surface area contributed by atoms with E-state index in [1.54, 1.807) is 0 Å². The van der Waals surface area contributed by atoms with Gasteiger partial charge < -0.3 is 0 Å². The molecule has 0 unspecified atom stereocenters. The summed E-state index contributed by atoms with van der Waals surface area (Å²) < 4.78 is 0. The van der Waals surface area contributed by atoms with Gasteiger partial charge in [0.25, 0.3) is 0 Å². The summed E-state index contributed by atoms with van der Waals surface area (Å²) in [4.78, 5) is 36.4. The van der Waals surface area contributed by atoms with Gasteiger partial charge in [0.2, 0.25) is 0 Å². The van der Waals surface area contributed by atoms with Crippen LogP contribution in [0.15, 0.2) is 0 Å². The van der Waals surface area contributed by atoms with Crippen LogP contribution >= 0.6 is 0 Å². The van der Waals surface area contributed by atoms with Crippen LogP contribution in [0.2, 0.25) is 0 Å². The molecule has 27 heavy (non-hydrogen) atoms. The topological polar surface area (TPSA) is 103 Å². The van der Waals surface area contributed by atoms with Crippen LogP contribution in [0.3, 0.4) is 0 Å². The van der Waals surface area contributed by atoms with E-state index < -0.39 is 0 Å². The van der Waals surface area contributed by atoms with Gasteiger partial charge in [0, 0.05) is 6.42 Å². The molecule has 4 heterocycles. The van der Waals surface area contributed by atoms with Crippen molar-refractivity contribution in [2.75, 3.05) is 0 Å². The third-order valence-corrected chi connectivity index (χ3v) is 4.51. The number of aryl methyl sites for hydroxylation is 6. The molecule has 0 N–H and O–H groups in total. The smallest absolute Gasteiger partial charge is 0.182 e. The molecule has 0 aliphatic rings. The molecule has 0 radical (unpaired) electrons. The molecule has 0 amide bonds. The van der Waals surface area contributed by atoms with Gasteiger partial charge in [0.1, 0.15) is 22.7 Å². The summed E-state index contributed by atoms with van der Waals surface area (Å²) in [7, 11) is 0. The standard InChI is InChI=1S/C19H20N8/c1-8-14(26-16-10(3)20-12(5)24-18(16)22-8)7-15-9(2)23-19-17(27-15)11(4)21-13(6)25-19/h7H2,1-6H3. The number of aromatic nitrogens is 8. The fraction of sp³-hybridized carbons (Fsp3) is 0.368. The Morgan fingerprint density at radius 1 is 0.444 bits per heavy atom. The zero-order valence-corrected chi connectivity index (χ0v) is 16.3. The van der Waals surface area contributed by atoms with Crippen molar-refractivity contribution in [2.24, 2.45) is 0 Å². The molecule has 0 aromatic carbocycles. The van der Waals surface area contributed by atoms with Crippen molar-refractivity contribution >= 4 is 22.3 Å². The molecule has 136 valence electrons. The highest BCUT2D eigenvalue weighted by molar-refractivity contribution is 5.73. The summed E-state index contributed by atoms with van der Waals surface area (Å²) >= 11 is 0. The normalized spacial score (nSPS) is 11.5. The molecule has 4 rings (SSSR count). The van der Waals surface area contributed by atoms with Crippen molar-refractivity contribution in [3.63, 3.8) is 0 Å². The number of hydrogen-bond donors (Lipinski definition) is 0. The number of fused-ring (bicyclic) bond motifs is 2. The molecule has 0 fully saturated rings. The first-order valence-electron chi connectivity index (χ1n) is 8.78. The second-order valence-corrected chi connectivity index (χ2v) is 6.75. The predicted octanol–water partition coefficient (Wildman–Crippen LogP) is 2.59. The molecule has 0 spiro atoms. The fourth-order valence-corrected chi connectivity index (χ4v) is 3.17. The molecule has 0 saturated carbocycles. The summed E-state index contributed by atoms with van der Waals surface area (Å²) in [5.41, 5.74) is 7.71. The van der Waals surface area contributed by atoms with E-state index in [0.717, 1.165) is 45.2 Å². The number of rotatable bonds is 2. The Kier molecular flexibility index (Phi) is 3.98. The zero-order valence-electron chi connectivity index (χ0n) is 16.3. The molecule has 0 atom stereocenters. The third kappa shape index (κ3) is 3.07. The summed E-state index contributed by atoms with van der Waals surface area (Å²) in [6.07, 6.45) is 0.532. The lowest BCUT2D eigenvalue weighted by atomic mass is 10.1. The summed E-state index contributed by atoms with van der Waals surface area (Å²) in [6, 6.07) is 0. The average Bonchev–Trinajstić information content (AvgIpc) is 2.57. The zero-order chi connectivity index (χ0) is 19.3. The van der Waals surface area contributed by atoms with Gasteiger partial charge in [-0.05, 0) is 41.5 Å². The maximum absolute atomic E-state index is 4.78. The van der Waals surface area contributed by atoms with E-state index in [1.807, 2.05) is 41.5 Å². The van der Waals surface area contributed by atoms with Crippen molar-refractivity contribution < 1.29 is 0 Å². The van der Waals surface area contributed by atoms with Gasteiger partial charge in [-0.2, -0.15) is 0 Å². The first kappa shape index (κ1) is 17.3. The monoisotopic (exact) mass is 360 g/mol. The molecule has 8 nitrogen and oxygen atoms in total. The van der Waals surface area contributed by atoms with Crippen molar-refractivity contribution in [1.29, 1.82) is 0 Å². The second kappa shape index (κ2) is 6.22. The van der Waals surface area contributed by atoms with Crippen LogP contribution in [0, 0.1) is 41.5 Å². The van der Waals surface area contributed by atoms with Crippen LogP contribution < -0.4 is 0 Å². The maximum atomic E-state index is 4.78. The molecule has 0 bridgehead atoms. The number of nitrogens with zero attached hydrogens (tertiary/aromatic N) is 8. The first-order valence-corrected chi connectivity index (χ1v) is 8.78. The lowest BCUT2D eigenvalue weighted by Gasteiger charge is -2.10. The minimum atomic E-state index is 0.532. The van der Waals surface area contributed by atoms with Gasteiger partial charge in [-0.3, -0.25) is 0 Å². The average molecular weight is 360 g/mol. The van der Waals surface area contributed by atoms with Crippen molar-refractivity contribution in [1.82, 2.24) is 39.9 Å². The van der Waals surface area contributed by atoms with Crippen LogP contribution in [0.1, 0.15) is 45.8 Å². The quantitative estimate of drug-likeness (QED) is 0.537. The van der Waals surface area contributed by atoms with E-state index in [4.69, 9.17) is 9.97 Å². The Labute approximate surface area is 156 Å². The molecule has 4 aromatic heterocycles. The highest BCUT2D eigenvalue weighted by atomic mass is 15.0. The minimum absolute atomic E-state index is 0.532. The first-order chi connectivity index (χ1) is 12.8. The maximum Gasteiger partial charge on any atom is 0.182 e. The van der Waals surface area contributed by atoms with Gasteiger partial charge in [0.15, 0.2) is 11.3 Å². The Hall–Kier alpha value is -3.16. The largest absolute Gasteiger partial charge is 0.245 e. The Bertz CT molecular complexity index is 1120. The van der Waals surface area contributed by atoms with Crippen LogP contribution in [-0.4, -0.2) is 39.9 Å². The second-order valence-electron chi connectivity index (χ2n) is 6.75. The van der Waals surface area contributed by atoms with E-state index in [1.165, 1.54) is 0 Å². The van der Waals surface area contributed by atoms with Crippen LogP contribution in [0.5, 0.6) is 0 Å². The lowest BCUT2D eigenvalue weighted by Crippen LogP contribution is -2.08. The van der Waals surface area contributed by atoms with Crippen LogP contribution in [0.4, 0.5) is 0 Å². The molecule has 0 aliphatic heterocycles. The van der Waals surface area contributed by atoms with E-state index in [0.29, 0.717) is 29.4 Å². The summed E-state index contributed by atoms with van der Waals surface area (Å²) in [5, 5.41) is 0. The van der Waals surface area contributed by atoms with E-state index in [2.05, 4.69) is 29.9 Å². The molecule has 0 saturated heterocycles. The molecule has 0 aliphatic carbocycles. The minimum Gasteiger partial charge on any atom is -0.245 e. The SMILES string of the molecule is Cc1nc(C)c2nc(Cc3nc4c(C)nc(C)nc4nc3C)c(C)nc2n1. The molecular formula is C19H20N8. The van der Waals surface area contributed by atoms with Gasteiger partial charge in [-0.25, -0.2) is 39.9 Å². The van der Waals surface area contributed by atoms with E-state index in [9.17, 15) is 0 Å². The Morgan fingerprint density at radius 2 is 0.852 bits per heavy atom. The molecule has 8 heteroatoms. The highest BCUT2D eigenvalue weighted by Crippen LogP contribution is 2.19. The predicted molar refractivity (Wildman–Crippen MR) is 101 cm³/mol. The van der Waals surface area contributed by atoms with Crippen LogP contribution in [-0.2, 0) is 6.42 Å². The number of hydrogen-bond acceptors (Lipinski definition) is 8. The Morgan fingerprint density at radius 3 is 1.26 bits per heavy atom. The molecule has 4 aromatic rings. The van der Waals surface area contributed by atoms with Crippen LogP contribution in [0.25, 0.3) is 22.3 Å². The van der Waals surface area contributed by atoms with Gasteiger partial charge in [0.05, 0.1) is 34.2 Å². The van der Waals surface area contributed by atoms with Gasteiger partial charge in [-0.15, -0.1) is 0 Å². The third-order valence-electron chi connectivity index (χ3n) is 4.51. The summed E-state index contributed by atoms with van der Waals surface area (Å²) in [5.74, 6) is 1.40. The van der Waals surface area contributed by atoms with Crippen molar-refractivity contribution in [3.05, 3.63) is 45.8 Å². The lowest BCUT2D eigenvalue weighted by molar-refractivity contribution is 0.921. The van der Waals surface area contributed by atoms with Gasteiger partial charge >= 0.3 is 0 Å².